The van der Waals surface area contributed by atoms with Crippen LogP contribution >= 0.6 is 11.6 Å². The van der Waals surface area contributed by atoms with Crippen molar-refractivity contribution in [2.24, 2.45) is 0 Å². The van der Waals surface area contributed by atoms with Crippen molar-refractivity contribution in [3.63, 3.8) is 0 Å². The average molecular weight is 443 g/mol. The van der Waals surface area contributed by atoms with Crippen molar-refractivity contribution in [3.8, 4) is 0 Å². The van der Waals surface area contributed by atoms with Crippen LogP contribution in [-0.4, -0.2) is 20.9 Å². The van der Waals surface area contributed by atoms with Crippen LogP contribution in [0.3, 0.4) is 0 Å². The van der Waals surface area contributed by atoms with E-state index in [1.807, 2.05) is 26.0 Å². The zero-order valence-electron chi connectivity index (χ0n) is 16.8. The molecular weight excluding hydrogens is 420 g/mol. The number of benzene rings is 3. The minimum atomic E-state index is -3.95. The Morgan fingerprint density at radius 2 is 1.67 bits per heavy atom. The summed E-state index contributed by atoms with van der Waals surface area (Å²) in [6.07, 6.45) is 0.631. The predicted octanol–water partition coefficient (Wildman–Crippen LogP) is 5.04. The van der Waals surface area contributed by atoms with Crippen LogP contribution in [0.4, 0.5) is 11.4 Å². The lowest BCUT2D eigenvalue weighted by Gasteiger charge is -2.26. The number of nitrogens with one attached hydrogen (secondary N) is 1. The molecule has 0 unspecified atom stereocenters. The largest absolute Gasteiger partial charge is 0.324 e. The van der Waals surface area contributed by atoms with Crippen LogP contribution < -0.4 is 9.62 Å². The number of rotatable bonds is 7. The molecule has 0 radical (unpaired) electrons. The van der Waals surface area contributed by atoms with E-state index in [0.717, 1.165) is 15.4 Å². The van der Waals surface area contributed by atoms with E-state index >= 15 is 0 Å². The van der Waals surface area contributed by atoms with Gasteiger partial charge in [0.25, 0.3) is 10.0 Å². The SMILES string of the molecule is CCc1ccccc1N(CC(=O)Nc1cc(Cl)ccc1C)S(=O)(=O)c1ccccc1. The van der Waals surface area contributed by atoms with Crippen LogP contribution in [0, 0.1) is 6.92 Å². The first-order valence-electron chi connectivity index (χ1n) is 9.54. The van der Waals surface area contributed by atoms with Gasteiger partial charge < -0.3 is 5.32 Å². The fraction of sp³-hybridized carbons (Fsp3) is 0.174. The molecule has 0 spiro atoms. The number of hydrogen-bond donors (Lipinski definition) is 1. The van der Waals surface area contributed by atoms with Gasteiger partial charge in [-0.1, -0.05) is 61.0 Å². The Balaban J connectivity index is 2.00. The lowest BCUT2D eigenvalue weighted by Crippen LogP contribution is -2.38. The minimum absolute atomic E-state index is 0.127. The highest BCUT2D eigenvalue weighted by atomic mass is 35.5. The number of amides is 1. The molecule has 3 aromatic carbocycles. The van der Waals surface area contributed by atoms with E-state index in [1.54, 1.807) is 48.5 Å². The number of para-hydroxylation sites is 1. The van der Waals surface area contributed by atoms with Gasteiger partial charge in [0, 0.05) is 10.7 Å². The third kappa shape index (κ3) is 4.83. The number of anilines is 2. The summed E-state index contributed by atoms with van der Waals surface area (Å²) in [7, 11) is -3.95. The third-order valence-corrected chi connectivity index (χ3v) is 6.74. The molecule has 0 fully saturated rings. The molecule has 3 aromatic rings. The maximum absolute atomic E-state index is 13.4. The number of carbonyl (C=O) groups is 1. The summed E-state index contributed by atoms with van der Waals surface area (Å²) in [5, 5.41) is 3.27. The van der Waals surface area contributed by atoms with Crippen molar-refractivity contribution in [2.45, 2.75) is 25.2 Å². The highest BCUT2D eigenvalue weighted by molar-refractivity contribution is 7.92. The highest BCUT2D eigenvalue weighted by Crippen LogP contribution is 2.28. The van der Waals surface area contributed by atoms with Gasteiger partial charge in [0.1, 0.15) is 6.54 Å². The van der Waals surface area contributed by atoms with Crippen molar-refractivity contribution in [1.29, 1.82) is 0 Å². The first-order valence-corrected chi connectivity index (χ1v) is 11.4. The van der Waals surface area contributed by atoms with Gasteiger partial charge in [-0.3, -0.25) is 9.10 Å². The molecule has 30 heavy (non-hydrogen) atoms. The molecule has 0 saturated heterocycles. The van der Waals surface area contributed by atoms with Gasteiger partial charge in [-0.05, 0) is 54.8 Å². The Morgan fingerprint density at radius 1 is 1.00 bits per heavy atom. The monoisotopic (exact) mass is 442 g/mol. The Morgan fingerprint density at radius 3 is 2.37 bits per heavy atom. The van der Waals surface area contributed by atoms with Gasteiger partial charge in [-0.15, -0.1) is 0 Å². The van der Waals surface area contributed by atoms with Gasteiger partial charge in [0.15, 0.2) is 0 Å². The molecule has 3 rings (SSSR count). The van der Waals surface area contributed by atoms with E-state index in [1.165, 1.54) is 12.1 Å². The van der Waals surface area contributed by atoms with Crippen molar-refractivity contribution in [2.75, 3.05) is 16.2 Å². The van der Waals surface area contributed by atoms with Crippen molar-refractivity contribution in [3.05, 3.63) is 88.9 Å². The number of nitrogens with zero attached hydrogens (tertiary/aromatic N) is 1. The van der Waals surface area contributed by atoms with Crippen LogP contribution in [0.1, 0.15) is 18.1 Å². The molecule has 0 aliphatic carbocycles. The summed E-state index contributed by atoms with van der Waals surface area (Å²) in [4.78, 5) is 13.0. The van der Waals surface area contributed by atoms with E-state index in [9.17, 15) is 13.2 Å². The molecule has 156 valence electrons. The number of sulfonamides is 1. The summed E-state index contributed by atoms with van der Waals surface area (Å²) in [6, 6.07) is 20.5. The molecule has 0 bridgehead atoms. The third-order valence-electron chi connectivity index (χ3n) is 4.73. The lowest BCUT2D eigenvalue weighted by molar-refractivity contribution is -0.114. The summed E-state index contributed by atoms with van der Waals surface area (Å²) in [5.74, 6) is -0.453. The molecule has 1 amide bonds. The van der Waals surface area contributed by atoms with E-state index < -0.39 is 15.9 Å². The van der Waals surface area contributed by atoms with Crippen molar-refractivity contribution >= 4 is 38.9 Å². The van der Waals surface area contributed by atoms with Gasteiger partial charge in [0.05, 0.1) is 10.6 Å². The highest BCUT2D eigenvalue weighted by Gasteiger charge is 2.28. The van der Waals surface area contributed by atoms with Gasteiger partial charge in [-0.2, -0.15) is 0 Å². The second-order valence-electron chi connectivity index (χ2n) is 6.81. The summed E-state index contributed by atoms with van der Waals surface area (Å²) >= 11 is 6.04. The van der Waals surface area contributed by atoms with Crippen LogP contribution in [0.15, 0.2) is 77.7 Å². The topological polar surface area (TPSA) is 66.5 Å². The van der Waals surface area contributed by atoms with Crippen molar-refractivity contribution in [1.82, 2.24) is 0 Å². The Kier molecular flexibility index (Phi) is 6.80. The average Bonchev–Trinajstić information content (AvgIpc) is 2.75. The quantitative estimate of drug-likeness (QED) is 0.557. The van der Waals surface area contributed by atoms with E-state index in [4.69, 9.17) is 11.6 Å². The Hall–Kier alpha value is -2.83. The second kappa shape index (κ2) is 9.32. The van der Waals surface area contributed by atoms with Gasteiger partial charge in [-0.25, -0.2) is 8.42 Å². The fourth-order valence-electron chi connectivity index (χ4n) is 3.12. The smallest absolute Gasteiger partial charge is 0.264 e. The minimum Gasteiger partial charge on any atom is -0.324 e. The van der Waals surface area contributed by atoms with E-state index in [2.05, 4.69) is 5.32 Å². The number of halogens is 1. The Labute approximate surface area is 182 Å². The maximum atomic E-state index is 13.4. The summed E-state index contributed by atoms with van der Waals surface area (Å²) in [6.45, 7) is 3.43. The van der Waals surface area contributed by atoms with E-state index in [-0.39, 0.29) is 11.4 Å². The predicted molar refractivity (Wildman–Crippen MR) is 122 cm³/mol. The molecule has 0 saturated carbocycles. The van der Waals surface area contributed by atoms with Crippen LogP contribution in [0.2, 0.25) is 5.02 Å². The zero-order valence-corrected chi connectivity index (χ0v) is 18.4. The number of aryl methyl sites for hydroxylation is 2. The molecule has 0 heterocycles. The van der Waals surface area contributed by atoms with E-state index in [0.29, 0.717) is 22.8 Å². The first-order chi connectivity index (χ1) is 14.3. The van der Waals surface area contributed by atoms with Gasteiger partial charge in [0.2, 0.25) is 5.91 Å². The number of hydrogen-bond acceptors (Lipinski definition) is 3. The molecule has 0 aliphatic heterocycles. The molecule has 0 atom stereocenters. The molecule has 1 N–H and O–H groups in total. The van der Waals surface area contributed by atoms with Crippen molar-refractivity contribution < 1.29 is 13.2 Å². The van der Waals surface area contributed by atoms with Crippen LogP contribution in [0.25, 0.3) is 0 Å². The fourth-order valence-corrected chi connectivity index (χ4v) is 4.77. The standard InChI is InChI=1S/C23H23ClN2O3S/c1-3-18-9-7-8-12-22(18)26(30(28,29)20-10-5-4-6-11-20)16-23(27)25-21-15-19(24)14-13-17(21)2/h4-15H,3,16H2,1-2H3,(H,25,27). The van der Waals surface area contributed by atoms with Gasteiger partial charge >= 0.3 is 0 Å². The normalized spacial score (nSPS) is 11.2. The Bertz CT molecular complexity index is 1150. The molecule has 0 aromatic heterocycles. The zero-order chi connectivity index (χ0) is 21.7. The lowest BCUT2D eigenvalue weighted by atomic mass is 10.1. The molecular formula is C23H23ClN2O3S. The maximum Gasteiger partial charge on any atom is 0.264 e. The first kappa shape index (κ1) is 21.9. The van der Waals surface area contributed by atoms with Crippen LogP contribution in [-0.2, 0) is 21.2 Å². The molecule has 7 heteroatoms. The summed E-state index contributed by atoms with van der Waals surface area (Å²) in [5.41, 5.74) is 2.71. The second-order valence-corrected chi connectivity index (χ2v) is 9.11. The number of carbonyl (C=O) groups excluding carboxylic acids is 1. The molecule has 0 aliphatic rings. The van der Waals surface area contributed by atoms with Crippen LogP contribution in [0.5, 0.6) is 0 Å². The molecule has 5 nitrogen and oxygen atoms in total. The summed E-state index contributed by atoms with van der Waals surface area (Å²) < 4.78 is 28.0.